The van der Waals surface area contributed by atoms with Crippen molar-refractivity contribution in [3.05, 3.63) is 39.3 Å². The number of halogens is 1. The molecule has 0 aliphatic rings. The first-order valence-electron chi connectivity index (χ1n) is 4.60. The van der Waals surface area contributed by atoms with Crippen LogP contribution in [0.4, 0.5) is 10.8 Å². The zero-order valence-corrected chi connectivity index (χ0v) is 10.9. The Hall–Kier alpha value is -0.870. The fourth-order valence-corrected chi connectivity index (χ4v) is 2.20. The molecule has 0 radical (unpaired) electrons. The Kier molecular flexibility index (Phi) is 3.07. The molecule has 0 spiro atoms. The van der Waals surface area contributed by atoms with Gasteiger partial charge in [-0.3, -0.25) is 0 Å². The van der Waals surface area contributed by atoms with Crippen LogP contribution in [0.15, 0.2) is 28.2 Å². The third kappa shape index (κ3) is 2.38. The molecular formula is C11H11BrN2S. The van der Waals surface area contributed by atoms with Crippen LogP contribution in [0.3, 0.4) is 0 Å². The highest BCUT2D eigenvalue weighted by Crippen LogP contribution is 2.27. The summed E-state index contributed by atoms with van der Waals surface area (Å²) in [5.74, 6) is 0. The summed E-state index contributed by atoms with van der Waals surface area (Å²) in [7, 11) is 0. The van der Waals surface area contributed by atoms with Gasteiger partial charge in [0.1, 0.15) is 0 Å². The van der Waals surface area contributed by atoms with E-state index in [0.717, 1.165) is 10.8 Å². The standard InChI is InChI=1S/C11H11BrN2S/c1-7-5-9(6-8(2)10(7)12)14-11-13-3-4-15-11/h3-6H,1-2H3,(H,13,14). The van der Waals surface area contributed by atoms with E-state index < -0.39 is 0 Å². The Balaban J connectivity index is 2.30. The Morgan fingerprint density at radius 3 is 2.47 bits per heavy atom. The third-order valence-corrected chi connectivity index (χ3v) is 4.06. The van der Waals surface area contributed by atoms with Crippen LogP contribution >= 0.6 is 27.3 Å². The molecule has 1 heterocycles. The lowest BCUT2D eigenvalue weighted by molar-refractivity contribution is 1.32. The second-order valence-corrected chi connectivity index (χ2v) is 5.07. The van der Waals surface area contributed by atoms with Crippen LogP contribution in [0.25, 0.3) is 0 Å². The van der Waals surface area contributed by atoms with Gasteiger partial charge in [0.25, 0.3) is 0 Å². The topological polar surface area (TPSA) is 24.9 Å². The second kappa shape index (κ2) is 4.33. The van der Waals surface area contributed by atoms with E-state index in [4.69, 9.17) is 0 Å². The van der Waals surface area contributed by atoms with Crippen LogP contribution in [0.1, 0.15) is 11.1 Å². The zero-order valence-electron chi connectivity index (χ0n) is 8.54. The fourth-order valence-electron chi connectivity index (χ4n) is 1.43. The van der Waals surface area contributed by atoms with Gasteiger partial charge in [-0.05, 0) is 37.1 Å². The van der Waals surface area contributed by atoms with Crippen LogP contribution in [0, 0.1) is 13.8 Å². The number of aryl methyl sites for hydroxylation is 2. The molecule has 0 fully saturated rings. The van der Waals surface area contributed by atoms with Gasteiger partial charge in [0.2, 0.25) is 0 Å². The number of anilines is 2. The summed E-state index contributed by atoms with van der Waals surface area (Å²) in [6, 6.07) is 4.22. The smallest absolute Gasteiger partial charge is 0.187 e. The molecule has 2 rings (SSSR count). The second-order valence-electron chi connectivity index (χ2n) is 3.39. The van der Waals surface area contributed by atoms with Gasteiger partial charge in [-0.2, -0.15) is 0 Å². The number of hydrogen-bond acceptors (Lipinski definition) is 3. The lowest BCUT2D eigenvalue weighted by Gasteiger charge is -2.08. The highest BCUT2D eigenvalue weighted by Gasteiger charge is 2.03. The van der Waals surface area contributed by atoms with Crippen LogP contribution in [0.2, 0.25) is 0 Å². The summed E-state index contributed by atoms with van der Waals surface area (Å²) in [5, 5.41) is 6.17. The lowest BCUT2D eigenvalue weighted by Crippen LogP contribution is -1.92. The van der Waals surface area contributed by atoms with Gasteiger partial charge >= 0.3 is 0 Å². The first kappa shape index (κ1) is 10.6. The molecule has 0 atom stereocenters. The van der Waals surface area contributed by atoms with Gasteiger partial charge in [-0.25, -0.2) is 4.98 Å². The Bertz CT molecular complexity index is 442. The Morgan fingerprint density at radius 1 is 1.27 bits per heavy atom. The van der Waals surface area contributed by atoms with Crippen molar-refractivity contribution in [1.29, 1.82) is 0 Å². The molecule has 15 heavy (non-hydrogen) atoms. The number of thiazole rings is 1. The number of nitrogens with one attached hydrogen (secondary N) is 1. The van der Waals surface area contributed by atoms with Crippen molar-refractivity contribution in [3.63, 3.8) is 0 Å². The minimum Gasteiger partial charge on any atom is -0.332 e. The largest absolute Gasteiger partial charge is 0.332 e. The average Bonchev–Trinajstić information content (AvgIpc) is 2.66. The van der Waals surface area contributed by atoms with Crippen molar-refractivity contribution in [2.24, 2.45) is 0 Å². The maximum Gasteiger partial charge on any atom is 0.187 e. The summed E-state index contributed by atoms with van der Waals surface area (Å²) < 4.78 is 1.17. The van der Waals surface area contributed by atoms with Gasteiger partial charge in [-0.15, -0.1) is 11.3 Å². The molecule has 0 saturated heterocycles. The van der Waals surface area contributed by atoms with E-state index in [2.05, 4.69) is 52.2 Å². The summed E-state index contributed by atoms with van der Waals surface area (Å²) in [6.45, 7) is 4.17. The molecule has 4 heteroatoms. The molecule has 0 saturated carbocycles. The number of rotatable bonds is 2. The summed E-state index contributed by atoms with van der Waals surface area (Å²) >= 11 is 5.15. The van der Waals surface area contributed by atoms with Crippen molar-refractivity contribution < 1.29 is 0 Å². The van der Waals surface area contributed by atoms with Crippen molar-refractivity contribution in [2.75, 3.05) is 5.32 Å². The van der Waals surface area contributed by atoms with Crippen LogP contribution in [-0.4, -0.2) is 4.98 Å². The summed E-state index contributed by atoms with van der Waals surface area (Å²) in [6.07, 6.45) is 1.80. The molecule has 0 unspecified atom stereocenters. The van der Waals surface area contributed by atoms with Crippen LogP contribution in [0.5, 0.6) is 0 Å². The third-order valence-electron chi connectivity index (χ3n) is 2.12. The molecule has 78 valence electrons. The number of hydrogen-bond donors (Lipinski definition) is 1. The van der Waals surface area contributed by atoms with E-state index in [9.17, 15) is 0 Å². The normalized spacial score (nSPS) is 10.3. The lowest BCUT2D eigenvalue weighted by atomic mass is 10.1. The van der Waals surface area contributed by atoms with Crippen molar-refractivity contribution >= 4 is 38.1 Å². The van der Waals surface area contributed by atoms with E-state index in [1.54, 1.807) is 17.5 Å². The van der Waals surface area contributed by atoms with Crippen molar-refractivity contribution in [1.82, 2.24) is 4.98 Å². The van der Waals surface area contributed by atoms with E-state index in [1.807, 2.05) is 5.38 Å². The molecule has 0 bridgehead atoms. The monoisotopic (exact) mass is 282 g/mol. The predicted octanol–water partition coefficient (Wildman–Crippen LogP) is 4.27. The molecule has 0 amide bonds. The molecule has 1 N–H and O–H groups in total. The number of nitrogens with zero attached hydrogens (tertiary/aromatic N) is 1. The highest BCUT2D eigenvalue weighted by atomic mass is 79.9. The van der Waals surface area contributed by atoms with Gasteiger partial charge in [0, 0.05) is 21.7 Å². The fraction of sp³-hybridized carbons (Fsp3) is 0.182. The first-order valence-corrected chi connectivity index (χ1v) is 6.27. The summed E-state index contributed by atoms with van der Waals surface area (Å²) in [5.41, 5.74) is 3.55. The van der Waals surface area contributed by atoms with Crippen LogP contribution < -0.4 is 5.32 Å². The molecule has 1 aromatic carbocycles. The SMILES string of the molecule is Cc1cc(Nc2nccs2)cc(C)c1Br. The molecule has 0 aliphatic heterocycles. The minimum absolute atomic E-state index is 0.927. The van der Waals surface area contributed by atoms with Gasteiger partial charge in [0.05, 0.1) is 0 Å². The average molecular weight is 283 g/mol. The molecule has 2 aromatic rings. The molecule has 2 nitrogen and oxygen atoms in total. The highest BCUT2D eigenvalue weighted by molar-refractivity contribution is 9.10. The van der Waals surface area contributed by atoms with E-state index >= 15 is 0 Å². The Morgan fingerprint density at radius 2 is 1.93 bits per heavy atom. The first-order chi connectivity index (χ1) is 7.16. The van der Waals surface area contributed by atoms with Gasteiger partial charge in [0.15, 0.2) is 5.13 Å². The number of benzene rings is 1. The molecule has 1 aromatic heterocycles. The number of aromatic nitrogens is 1. The van der Waals surface area contributed by atoms with Crippen LogP contribution in [-0.2, 0) is 0 Å². The molecular weight excluding hydrogens is 272 g/mol. The van der Waals surface area contributed by atoms with E-state index in [-0.39, 0.29) is 0 Å². The maximum atomic E-state index is 4.19. The van der Waals surface area contributed by atoms with Gasteiger partial charge < -0.3 is 5.32 Å². The quantitative estimate of drug-likeness (QED) is 0.890. The van der Waals surface area contributed by atoms with Crippen molar-refractivity contribution in [3.8, 4) is 0 Å². The van der Waals surface area contributed by atoms with E-state index in [0.29, 0.717) is 0 Å². The summed E-state index contributed by atoms with van der Waals surface area (Å²) in [4.78, 5) is 4.19. The Labute approximate surface area is 101 Å². The minimum atomic E-state index is 0.927. The maximum absolute atomic E-state index is 4.19. The zero-order chi connectivity index (χ0) is 10.8. The van der Waals surface area contributed by atoms with Gasteiger partial charge in [-0.1, -0.05) is 15.9 Å². The van der Waals surface area contributed by atoms with Crippen molar-refractivity contribution in [2.45, 2.75) is 13.8 Å². The van der Waals surface area contributed by atoms with E-state index in [1.165, 1.54) is 15.6 Å². The molecule has 0 aliphatic carbocycles. The predicted molar refractivity (Wildman–Crippen MR) is 69.0 cm³/mol.